The van der Waals surface area contributed by atoms with E-state index in [9.17, 15) is 19.8 Å². The molecule has 1 aromatic rings. The average Bonchev–Trinajstić information content (AvgIpc) is 2.42. The lowest BCUT2D eigenvalue weighted by Crippen LogP contribution is -2.39. The van der Waals surface area contributed by atoms with Gasteiger partial charge in [-0.3, -0.25) is 0 Å². The van der Waals surface area contributed by atoms with Crippen LogP contribution >= 0.6 is 0 Å². The fourth-order valence-corrected chi connectivity index (χ4v) is 1.60. The topological polar surface area (TPSA) is 89.5 Å². The van der Waals surface area contributed by atoms with Crippen molar-refractivity contribution >= 4 is 18.0 Å². The monoisotopic (exact) mass is 276 g/mol. The molecule has 0 aliphatic rings. The summed E-state index contributed by atoms with van der Waals surface area (Å²) >= 11 is 0. The zero-order valence-electron chi connectivity index (χ0n) is 11.2. The summed E-state index contributed by atoms with van der Waals surface area (Å²) in [5.74, 6) is -2.11. The van der Waals surface area contributed by atoms with Gasteiger partial charge in [-0.1, -0.05) is 31.6 Å². The molecule has 0 aliphatic carbocycles. The molecule has 0 unspecified atom stereocenters. The number of carbonyl (C=O) groups is 2. The lowest BCUT2D eigenvalue weighted by atomic mass is 10.1. The quantitative estimate of drug-likeness (QED) is 0.630. The molecule has 0 radical (unpaired) electrons. The Labute approximate surface area is 117 Å². The summed E-state index contributed by atoms with van der Waals surface area (Å²) in [6.07, 6.45) is 3.34. The first-order valence-electron chi connectivity index (χ1n) is 6.39. The van der Waals surface area contributed by atoms with Crippen molar-refractivity contribution in [2.24, 2.45) is 0 Å². The minimum Gasteiger partial charge on any atom is -0.546 e. The van der Waals surface area contributed by atoms with Crippen LogP contribution in [0.3, 0.4) is 0 Å². The maximum Gasteiger partial charge on any atom is 0.138 e. The number of carboxylic acids is 2. The van der Waals surface area contributed by atoms with Crippen LogP contribution in [0.25, 0.3) is 6.08 Å². The van der Waals surface area contributed by atoms with Gasteiger partial charge in [-0.05, 0) is 36.6 Å². The lowest BCUT2D eigenvalue weighted by Gasteiger charge is -2.19. The molecular formula is C15H16O5-2. The third kappa shape index (κ3) is 5.56. The number of carboxylic acid groups (broad SMARTS) is 2. The maximum atomic E-state index is 10.9. The minimum absolute atomic E-state index is 0.394. The van der Waals surface area contributed by atoms with E-state index in [0.29, 0.717) is 17.7 Å². The molecule has 20 heavy (non-hydrogen) atoms. The van der Waals surface area contributed by atoms with Gasteiger partial charge in [0.15, 0.2) is 0 Å². The second kappa shape index (κ2) is 7.99. The molecule has 108 valence electrons. The number of carbonyl (C=O) groups excluding carboxylic acids is 2. The molecule has 0 fully saturated rings. The predicted molar refractivity (Wildman–Crippen MR) is 69.4 cm³/mol. The third-order valence-corrected chi connectivity index (χ3v) is 2.65. The van der Waals surface area contributed by atoms with Crippen molar-refractivity contribution in [3.63, 3.8) is 0 Å². The van der Waals surface area contributed by atoms with Crippen molar-refractivity contribution in [1.29, 1.82) is 0 Å². The molecule has 0 spiro atoms. The standard InChI is InChI=1S/C15H18O5/c1-2-3-4-13(15(18)19)20-12-8-5-11(6-9-12)7-10-14(16)17/h5-10,13H,2-4H2,1H3,(H,16,17)(H,18,19)/p-2/b10-7+/t13-/m0/s1. The Morgan fingerprint density at radius 1 is 1.25 bits per heavy atom. The van der Waals surface area contributed by atoms with Crippen LogP contribution in [0.5, 0.6) is 5.75 Å². The van der Waals surface area contributed by atoms with Crippen LogP contribution in [0.4, 0.5) is 0 Å². The summed E-state index contributed by atoms with van der Waals surface area (Å²) in [7, 11) is 0. The highest BCUT2D eigenvalue weighted by Crippen LogP contribution is 2.16. The van der Waals surface area contributed by atoms with Crippen LogP contribution in [0, 0.1) is 0 Å². The van der Waals surface area contributed by atoms with Gasteiger partial charge in [0.25, 0.3) is 0 Å². The van der Waals surface area contributed by atoms with Crippen LogP contribution in [-0.4, -0.2) is 18.0 Å². The van der Waals surface area contributed by atoms with Gasteiger partial charge in [0.1, 0.15) is 11.9 Å². The van der Waals surface area contributed by atoms with E-state index in [1.165, 1.54) is 6.08 Å². The van der Waals surface area contributed by atoms with E-state index in [0.717, 1.165) is 18.9 Å². The van der Waals surface area contributed by atoms with E-state index < -0.39 is 18.0 Å². The molecule has 1 atom stereocenters. The molecule has 0 heterocycles. The Balaban J connectivity index is 2.67. The first-order chi connectivity index (χ1) is 9.52. The molecule has 0 N–H and O–H groups in total. The van der Waals surface area contributed by atoms with Crippen molar-refractivity contribution < 1.29 is 24.5 Å². The summed E-state index contributed by atoms with van der Waals surface area (Å²) in [4.78, 5) is 21.2. The van der Waals surface area contributed by atoms with Gasteiger partial charge in [-0.25, -0.2) is 0 Å². The molecule has 0 aliphatic heterocycles. The predicted octanol–water partition coefficient (Wildman–Crippen LogP) is 0.137. The normalized spacial score (nSPS) is 12.2. The summed E-state index contributed by atoms with van der Waals surface area (Å²) in [6, 6.07) is 6.41. The fraction of sp³-hybridized carbons (Fsp3) is 0.333. The third-order valence-electron chi connectivity index (χ3n) is 2.65. The maximum absolute atomic E-state index is 10.9. The van der Waals surface area contributed by atoms with Crippen molar-refractivity contribution in [3.8, 4) is 5.75 Å². The highest BCUT2D eigenvalue weighted by Gasteiger charge is 2.11. The fourth-order valence-electron chi connectivity index (χ4n) is 1.60. The first kappa shape index (κ1) is 15.8. The SMILES string of the molecule is CCCC[C@H](Oc1ccc(/C=C/C(=O)[O-])cc1)C(=O)[O-]. The lowest BCUT2D eigenvalue weighted by molar-refractivity contribution is -0.314. The van der Waals surface area contributed by atoms with E-state index in [4.69, 9.17) is 4.74 Å². The van der Waals surface area contributed by atoms with Gasteiger partial charge in [-0.2, -0.15) is 0 Å². The Hall–Kier alpha value is -2.30. The number of hydrogen-bond donors (Lipinski definition) is 0. The summed E-state index contributed by atoms with van der Waals surface area (Å²) < 4.78 is 5.34. The smallest absolute Gasteiger partial charge is 0.138 e. The zero-order valence-corrected chi connectivity index (χ0v) is 11.2. The molecule has 0 amide bonds. The van der Waals surface area contributed by atoms with Crippen LogP contribution in [0.1, 0.15) is 31.7 Å². The van der Waals surface area contributed by atoms with Crippen LogP contribution in [0.2, 0.25) is 0 Å². The van der Waals surface area contributed by atoms with Crippen LogP contribution in [0.15, 0.2) is 30.3 Å². The Bertz CT molecular complexity index is 476. The number of benzene rings is 1. The molecule has 0 saturated carbocycles. The Morgan fingerprint density at radius 2 is 1.90 bits per heavy atom. The number of ether oxygens (including phenoxy) is 1. The van der Waals surface area contributed by atoms with Gasteiger partial charge >= 0.3 is 0 Å². The molecule has 0 aromatic heterocycles. The zero-order chi connectivity index (χ0) is 15.0. The van der Waals surface area contributed by atoms with E-state index >= 15 is 0 Å². The molecule has 0 saturated heterocycles. The molecule has 5 nitrogen and oxygen atoms in total. The van der Waals surface area contributed by atoms with Crippen LogP contribution in [-0.2, 0) is 9.59 Å². The summed E-state index contributed by atoms with van der Waals surface area (Å²) in [5, 5.41) is 21.2. The summed E-state index contributed by atoms with van der Waals surface area (Å²) in [5.41, 5.74) is 0.653. The number of hydrogen-bond acceptors (Lipinski definition) is 5. The van der Waals surface area contributed by atoms with Gasteiger partial charge in [0, 0.05) is 0 Å². The summed E-state index contributed by atoms with van der Waals surface area (Å²) in [6.45, 7) is 1.96. The molecule has 1 rings (SSSR count). The largest absolute Gasteiger partial charge is 0.546 e. The molecule has 5 heteroatoms. The van der Waals surface area contributed by atoms with Crippen molar-refractivity contribution in [3.05, 3.63) is 35.9 Å². The van der Waals surface area contributed by atoms with Crippen molar-refractivity contribution in [1.82, 2.24) is 0 Å². The minimum atomic E-state index is -1.28. The van der Waals surface area contributed by atoms with Crippen molar-refractivity contribution in [2.45, 2.75) is 32.3 Å². The molecule has 1 aromatic carbocycles. The molecule has 0 bridgehead atoms. The second-order valence-electron chi connectivity index (χ2n) is 4.29. The first-order valence-corrected chi connectivity index (χ1v) is 6.39. The van der Waals surface area contributed by atoms with Gasteiger partial charge in [0.05, 0.1) is 11.9 Å². The average molecular weight is 276 g/mol. The van der Waals surface area contributed by atoms with Gasteiger partial charge in [0.2, 0.25) is 0 Å². The van der Waals surface area contributed by atoms with Crippen molar-refractivity contribution in [2.75, 3.05) is 0 Å². The Morgan fingerprint density at radius 3 is 2.40 bits per heavy atom. The van der Waals surface area contributed by atoms with E-state index in [2.05, 4.69) is 0 Å². The highest BCUT2D eigenvalue weighted by atomic mass is 16.5. The Kier molecular flexibility index (Phi) is 6.29. The molecular weight excluding hydrogens is 260 g/mol. The van der Waals surface area contributed by atoms with Gasteiger partial charge in [-0.15, -0.1) is 0 Å². The number of unbranched alkanes of at least 4 members (excludes halogenated alkanes) is 1. The van der Waals surface area contributed by atoms with Gasteiger partial charge < -0.3 is 24.5 Å². The van der Waals surface area contributed by atoms with E-state index in [1.54, 1.807) is 24.3 Å². The highest BCUT2D eigenvalue weighted by molar-refractivity contribution is 5.83. The van der Waals surface area contributed by atoms with Crippen LogP contribution < -0.4 is 14.9 Å². The van der Waals surface area contributed by atoms with E-state index in [1.807, 2.05) is 6.92 Å². The van der Waals surface area contributed by atoms with E-state index in [-0.39, 0.29) is 0 Å². The number of aliphatic carboxylic acids is 2. The number of rotatable bonds is 8. The second-order valence-corrected chi connectivity index (χ2v) is 4.29.